The number of hydrogen-bond acceptors (Lipinski definition) is 7. The molecule has 46 heavy (non-hydrogen) atoms. The zero-order chi connectivity index (χ0) is 33.0. The number of benzene rings is 4. The average molecular weight is 671 g/mol. The molecule has 0 bridgehead atoms. The van der Waals surface area contributed by atoms with E-state index in [2.05, 4.69) is 26.0 Å². The first-order valence-electron chi connectivity index (χ1n) is 13.3. The molecule has 0 atom stereocenters. The van der Waals surface area contributed by atoms with Gasteiger partial charge < -0.3 is 35.8 Å². The zero-order valence-electron chi connectivity index (χ0n) is 23.6. The molecule has 0 unspecified atom stereocenters. The number of carbonyl (C=O) groups excluding carboxylic acids is 2. The number of halogens is 5. The molecule has 14 heteroatoms. The van der Waals surface area contributed by atoms with E-state index in [1.54, 1.807) is 54.7 Å². The molecule has 0 spiro atoms. The van der Waals surface area contributed by atoms with Crippen molar-refractivity contribution >= 4 is 68.9 Å². The predicted molar refractivity (Wildman–Crippen MR) is 171 cm³/mol. The van der Waals surface area contributed by atoms with Crippen LogP contribution >= 0.6 is 23.2 Å². The van der Waals surface area contributed by atoms with E-state index in [9.17, 15) is 27.9 Å². The van der Waals surface area contributed by atoms with E-state index < -0.39 is 6.36 Å². The molecule has 0 saturated heterocycles. The maximum Gasteiger partial charge on any atom is 0.573 e. The normalized spacial score (nSPS) is 14.9. The highest BCUT2D eigenvalue weighted by Crippen LogP contribution is 2.35. The van der Waals surface area contributed by atoms with Crippen LogP contribution in [-0.2, 0) is 9.59 Å². The van der Waals surface area contributed by atoms with Crippen molar-refractivity contribution in [2.75, 3.05) is 28.4 Å². The van der Waals surface area contributed by atoms with Crippen LogP contribution in [0, 0.1) is 0 Å². The second kappa shape index (κ2) is 13.3. The Morgan fingerprint density at radius 2 is 1.24 bits per heavy atom. The summed E-state index contributed by atoms with van der Waals surface area (Å²) in [4.78, 5) is 24.0. The van der Waals surface area contributed by atoms with Gasteiger partial charge in [0.1, 0.15) is 5.75 Å². The molecule has 0 saturated carbocycles. The van der Waals surface area contributed by atoms with Gasteiger partial charge in [-0.25, -0.2) is 0 Å². The third kappa shape index (κ3) is 7.65. The number of phenols is 1. The number of phenolic OH excluding ortho intramolecular Hbond substituents is 1. The lowest BCUT2D eigenvalue weighted by atomic mass is 10.1. The van der Waals surface area contributed by atoms with Gasteiger partial charge in [0.25, 0.3) is 11.8 Å². The monoisotopic (exact) mass is 670 g/mol. The molecule has 2 aliphatic heterocycles. The van der Waals surface area contributed by atoms with Crippen molar-refractivity contribution in [3.05, 3.63) is 112 Å². The maximum atomic E-state index is 12.1. The van der Waals surface area contributed by atoms with Gasteiger partial charge >= 0.3 is 6.36 Å². The number of methoxy groups -OCH3 is 1. The lowest BCUT2D eigenvalue weighted by Crippen LogP contribution is -2.16. The van der Waals surface area contributed by atoms with E-state index >= 15 is 0 Å². The number of nitrogens with one attached hydrogen (secondary N) is 4. The minimum absolute atomic E-state index is 0.0187. The predicted octanol–water partition coefficient (Wildman–Crippen LogP) is 8.10. The number of fused-ring (bicyclic) bond motifs is 2. The van der Waals surface area contributed by atoms with Gasteiger partial charge in [0, 0.05) is 62.4 Å². The molecule has 9 nitrogen and oxygen atoms in total. The van der Waals surface area contributed by atoms with Crippen LogP contribution in [0.5, 0.6) is 17.2 Å². The number of ether oxygens (including phenoxy) is 2. The molecule has 6 rings (SSSR count). The molecule has 0 fully saturated rings. The van der Waals surface area contributed by atoms with Gasteiger partial charge in [-0.15, -0.1) is 13.2 Å². The number of amides is 2. The summed E-state index contributed by atoms with van der Waals surface area (Å²) in [7, 11) is 1.48. The third-order valence-electron chi connectivity index (χ3n) is 6.56. The van der Waals surface area contributed by atoms with Crippen LogP contribution in [0.1, 0.15) is 11.1 Å². The van der Waals surface area contributed by atoms with Crippen molar-refractivity contribution in [2.24, 2.45) is 0 Å². The molecule has 0 aromatic heterocycles. The fraction of sp³-hybridized carbons (Fsp3) is 0.0625. The molecule has 2 heterocycles. The third-order valence-corrected chi connectivity index (χ3v) is 7.03. The lowest BCUT2D eigenvalue weighted by Gasteiger charge is -2.09. The Balaban J connectivity index is 0.000000182. The first-order chi connectivity index (χ1) is 21.9. The zero-order valence-corrected chi connectivity index (χ0v) is 25.1. The highest BCUT2D eigenvalue weighted by atomic mass is 35.5. The van der Waals surface area contributed by atoms with E-state index in [0.717, 1.165) is 11.3 Å². The summed E-state index contributed by atoms with van der Waals surface area (Å²) in [6, 6.07) is 20.3. The second-order valence-corrected chi connectivity index (χ2v) is 10.5. The molecular weight excluding hydrogens is 648 g/mol. The largest absolute Gasteiger partial charge is 0.573 e. The lowest BCUT2D eigenvalue weighted by molar-refractivity contribution is -0.274. The van der Waals surface area contributed by atoms with Crippen LogP contribution in [0.3, 0.4) is 0 Å². The quantitative estimate of drug-likeness (QED) is 0.131. The summed E-state index contributed by atoms with van der Waals surface area (Å²) in [5.74, 6) is -0.421. The molecule has 4 aromatic rings. The number of hydrogen-bond donors (Lipinski definition) is 5. The maximum absolute atomic E-state index is 12.1. The van der Waals surface area contributed by atoms with E-state index in [1.807, 2.05) is 0 Å². The van der Waals surface area contributed by atoms with E-state index in [4.69, 9.17) is 27.9 Å². The summed E-state index contributed by atoms with van der Waals surface area (Å²) in [5.41, 5.74) is 4.75. The number of carbonyl (C=O) groups is 2. The molecule has 2 aliphatic rings. The van der Waals surface area contributed by atoms with Crippen LogP contribution in [0.4, 0.5) is 35.9 Å². The number of anilines is 4. The SMILES string of the molecule is COc1ccc(NC=C2C(=O)Nc3ccc(Cl)cc32)cc1O.O=C1Nc2ccc(Cl)cc2C1=CNc1ccc(OC(F)(F)F)cc1. The van der Waals surface area contributed by atoms with Gasteiger partial charge in [-0.2, -0.15) is 0 Å². The Kier molecular flexibility index (Phi) is 9.31. The van der Waals surface area contributed by atoms with Gasteiger partial charge in [0.2, 0.25) is 0 Å². The summed E-state index contributed by atoms with van der Waals surface area (Å²) >= 11 is 11.9. The van der Waals surface area contributed by atoms with Gasteiger partial charge in [-0.05, 0) is 72.8 Å². The Morgan fingerprint density at radius 1 is 0.739 bits per heavy atom. The summed E-state index contributed by atoms with van der Waals surface area (Å²) < 4.78 is 45.1. The Bertz CT molecular complexity index is 1880. The van der Waals surface area contributed by atoms with Crippen LogP contribution in [0.25, 0.3) is 11.1 Å². The standard InChI is InChI=1S/C16H10ClF3N2O2.C16H13ClN2O3/c17-9-1-6-14-12(7-9)13(15(23)22-14)8-21-10-2-4-11(5-3-10)24-16(18,19)20;1-22-15-5-3-10(7-14(15)20)18-8-12-11-6-9(17)2-4-13(11)19-16(12)21/h1-8,21H,(H,22,23);2-8,18,20H,1H3,(H,19,21). The van der Waals surface area contributed by atoms with Crippen LogP contribution < -0.4 is 30.7 Å². The van der Waals surface area contributed by atoms with Crippen LogP contribution in [0.15, 0.2) is 91.3 Å². The Hall–Kier alpha value is -5.33. The fourth-order valence-corrected chi connectivity index (χ4v) is 4.79. The van der Waals surface area contributed by atoms with Crippen molar-refractivity contribution in [1.82, 2.24) is 0 Å². The molecule has 5 N–H and O–H groups in total. The first-order valence-corrected chi connectivity index (χ1v) is 14.0. The topological polar surface area (TPSA) is 121 Å². The van der Waals surface area contributed by atoms with Crippen LogP contribution in [-0.4, -0.2) is 30.4 Å². The minimum atomic E-state index is -4.73. The number of rotatable bonds is 6. The first kappa shape index (κ1) is 32.1. The number of aromatic hydroxyl groups is 1. The van der Waals surface area contributed by atoms with Gasteiger partial charge in [0.05, 0.1) is 18.3 Å². The molecule has 0 aliphatic carbocycles. The summed E-state index contributed by atoms with van der Waals surface area (Å²) in [6.07, 6.45) is -1.68. The van der Waals surface area contributed by atoms with Crippen molar-refractivity contribution in [3.63, 3.8) is 0 Å². The molecular formula is C32H23Cl2F3N4O5. The van der Waals surface area contributed by atoms with E-state index in [1.165, 1.54) is 43.6 Å². The Morgan fingerprint density at radius 3 is 1.72 bits per heavy atom. The Labute approximate surface area is 270 Å². The molecule has 236 valence electrons. The summed E-state index contributed by atoms with van der Waals surface area (Å²) in [5, 5.41) is 22.1. The minimum Gasteiger partial charge on any atom is -0.504 e. The van der Waals surface area contributed by atoms with Gasteiger partial charge in [0.15, 0.2) is 11.5 Å². The molecule has 2 amide bonds. The van der Waals surface area contributed by atoms with Gasteiger partial charge in [-0.1, -0.05) is 23.2 Å². The second-order valence-electron chi connectivity index (χ2n) is 9.65. The van der Waals surface area contributed by atoms with Crippen LogP contribution in [0.2, 0.25) is 10.0 Å². The van der Waals surface area contributed by atoms with E-state index in [0.29, 0.717) is 49.6 Å². The van der Waals surface area contributed by atoms with E-state index in [-0.39, 0.29) is 23.3 Å². The molecule has 4 aromatic carbocycles. The summed E-state index contributed by atoms with van der Waals surface area (Å²) in [6.45, 7) is 0. The van der Waals surface area contributed by atoms with Crippen molar-refractivity contribution < 1.29 is 37.3 Å². The highest BCUT2D eigenvalue weighted by molar-refractivity contribution is 6.35. The van der Waals surface area contributed by atoms with Crippen molar-refractivity contribution in [1.29, 1.82) is 0 Å². The average Bonchev–Trinajstić information content (AvgIpc) is 3.48. The fourth-order valence-electron chi connectivity index (χ4n) is 4.45. The smallest absolute Gasteiger partial charge is 0.504 e. The van der Waals surface area contributed by atoms with Gasteiger partial charge in [-0.3, -0.25) is 9.59 Å². The number of alkyl halides is 3. The van der Waals surface area contributed by atoms with Crippen molar-refractivity contribution in [2.45, 2.75) is 6.36 Å². The van der Waals surface area contributed by atoms with Crippen molar-refractivity contribution in [3.8, 4) is 17.2 Å². The molecule has 0 radical (unpaired) electrons. The highest BCUT2D eigenvalue weighted by Gasteiger charge is 2.31.